The molecule has 1 heterocycles. The number of nitrogens with one attached hydrogen (secondary N) is 2. The lowest BCUT2D eigenvalue weighted by Gasteiger charge is -2.08. The van der Waals surface area contributed by atoms with Gasteiger partial charge in [0.2, 0.25) is 0 Å². The van der Waals surface area contributed by atoms with Crippen molar-refractivity contribution in [1.29, 1.82) is 0 Å². The average Bonchev–Trinajstić information content (AvgIpc) is 2.86. The number of aryl methyl sites for hydroxylation is 1. The second-order valence-electron chi connectivity index (χ2n) is 4.14. The Bertz CT molecular complexity index is 582. The molecule has 0 aliphatic carbocycles. The maximum Gasteiger partial charge on any atom is 0.254 e. The molecule has 6 nitrogen and oxygen atoms in total. The molecular weight excluding hydrogens is 249 g/mol. The average molecular weight is 263 g/mol. The van der Waals surface area contributed by atoms with E-state index in [1.54, 1.807) is 6.92 Å². The summed E-state index contributed by atoms with van der Waals surface area (Å²) in [4.78, 5) is 15.8. The van der Waals surface area contributed by atoms with Crippen molar-refractivity contribution in [3.05, 3.63) is 41.2 Å². The first-order chi connectivity index (χ1) is 9.08. The second-order valence-corrected chi connectivity index (χ2v) is 4.14. The predicted molar refractivity (Wildman–Crippen MR) is 68.0 cm³/mol. The van der Waals surface area contributed by atoms with Crippen LogP contribution in [-0.4, -0.2) is 27.6 Å². The zero-order valence-electron chi connectivity index (χ0n) is 10.4. The third kappa shape index (κ3) is 3.06. The van der Waals surface area contributed by atoms with E-state index in [1.807, 2.05) is 0 Å². The number of amides is 1. The number of hydrogen-bond acceptors (Lipinski definition) is 4. The molecule has 1 aromatic carbocycles. The molecule has 2 rings (SSSR count). The van der Waals surface area contributed by atoms with E-state index in [9.17, 15) is 9.18 Å². The Morgan fingerprint density at radius 2 is 2.32 bits per heavy atom. The summed E-state index contributed by atoms with van der Waals surface area (Å²) >= 11 is 0. The van der Waals surface area contributed by atoms with Crippen molar-refractivity contribution in [2.45, 2.75) is 13.3 Å². The molecule has 0 spiro atoms. The van der Waals surface area contributed by atoms with E-state index in [2.05, 4.69) is 20.5 Å². The Morgan fingerprint density at radius 1 is 1.53 bits per heavy atom. The number of carbonyl (C=O) groups excluding carboxylic acids is 1. The number of aromatic amines is 1. The van der Waals surface area contributed by atoms with Gasteiger partial charge in [0.15, 0.2) is 0 Å². The normalized spacial score (nSPS) is 10.4. The molecule has 0 saturated heterocycles. The largest absolute Gasteiger partial charge is 0.399 e. The molecule has 7 heteroatoms. The van der Waals surface area contributed by atoms with Crippen molar-refractivity contribution in [1.82, 2.24) is 20.5 Å². The number of carbonyl (C=O) groups is 1. The molecule has 1 amide bonds. The van der Waals surface area contributed by atoms with Gasteiger partial charge in [0, 0.05) is 18.7 Å². The molecule has 0 aliphatic rings. The van der Waals surface area contributed by atoms with Gasteiger partial charge in [-0.1, -0.05) is 0 Å². The number of aromatic nitrogens is 3. The number of H-pyrrole nitrogens is 1. The van der Waals surface area contributed by atoms with E-state index >= 15 is 0 Å². The fraction of sp³-hybridized carbons (Fsp3) is 0.250. The monoisotopic (exact) mass is 263 g/mol. The van der Waals surface area contributed by atoms with E-state index in [-0.39, 0.29) is 5.56 Å². The first-order valence-electron chi connectivity index (χ1n) is 5.76. The third-order valence-corrected chi connectivity index (χ3v) is 2.63. The van der Waals surface area contributed by atoms with Crippen LogP contribution in [0.2, 0.25) is 0 Å². The van der Waals surface area contributed by atoms with Gasteiger partial charge in [0.25, 0.3) is 5.91 Å². The minimum absolute atomic E-state index is 0.0462. The van der Waals surface area contributed by atoms with Crippen LogP contribution in [-0.2, 0) is 6.42 Å². The summed E-state index contributed by atoms with van der Waals surface area (Å²) < 4.78 is 13.8. The molecule has 1 aromatic heterocycles. The summed E-state index contributed by atoms with van der Waals surface area (Å²) in [6, 6.07) is 2.81. The number of halogens is 1. The van der Waals surface area contributed by atoms with Crippen molar-refractivity contribution in [3.8, 4) is 0 Å². The molecule has 2 aromatic rings. The quantitative estimate of drug-likeness (QED) is 0.711. The van der Waals surface area contributed by atoms with E-state index in [0.29, 0.717) is 30.0 Å². The minimum Gasteiger partial charge on any atom is -0.399 e. The molecule has 19 heavy (non-hydrogen) atoms. The van der Waals surface area contributed by atoms with Gasteiger partial charge < -0.3 is 11.1 Å². The van der Waals surface area contributed by atoms with E-state index in [0.717, 1.165) is 0 Å². The zero-order valence-corrected chi connectivity index (χ0v) is 10.4. The molecule has 0 unspecified atom stereocenters. The van der Waals surface area contributed by atoms with Crippen LogP contribution in [0.5, 0.6) is 0 Å². The van der Waals surface area contributed by atoms with Crippen LogP contribution in [0.4, 0.5) is 10.1 Å². The molecule has 0 atom stereocenters. The SMILES string of the molecule is Cc1cc(N)cc(C(=O)NCCc2ncn[nH]2)c1F. The summed E-state index contributed by atoms with van der Waals surface area (Å²) in [5.41, 5.74) is 6.26. The van der Waals surface area contributed by atoms with Crippen LogP contribution < -0.4 is 11.1 Å². The lowest BCUT2D eigenvalue weighted by Crippen LogP contribution is -2.27. The minimum atomic E-state index is -0.550. The smallest absolute Gasteiger partial charge is 0.254 e. The van der Waals surface area contributed by atoms with Crippen molar-refractivity contribution < 1.29 is 9.18 Å². The molecule has 100 valence electrons. The molecule has 0 fully saturated rings. The molecule has 0 bridgehead atoms. The summed E-state index contributed by atoms with van der Waals surface area (Å²) in [7, 11) is 0. The topological polar surface area (TPSA) is 96.7 Å². The van der Waals surface area contributed by atoms with E-state index in [4.69, 9.17) is 5.73 Å². The molecule has 0 radical (unpaired) electrons. The number of nitrogens with zero attached hydrogens (tertiary/aromatic N) is 2. The maximum absolute atomic E-state index is 13.8. The highest BCUT2D eigenvalue weighted by Gasteiger charge is 2.14. The number of nitrogens with two attached hydrogens (primary N) is 1. The van der Waals surface area contributed by atoms with Crippen molar-refractivity contribution >= 4 is 11.6 Å². The Hall–Kier alpha value is -2.44. The summed E-state index contributed by atoms with van der Waals surface area (Å²) in [6.45, 7) is 1.90. The fourth-order valence-electron chi connectivity index (χ4n) is 1.70. The van der Waals surface area contributed by atoms with Gasteiger partial charge in [-0.25, -0.2) is 9.37 Å². The Balaban J connectivity index is 2.00. The van der Waals surface area contributed by atoms with E-state index < -0.39 is 11.7 Å². The summed E-state index contributed by atoms with van der Waals surface area (Å²) in [5, 5.41) is 8.97. The number of anilines is 1. The molecule has 0 saturated carbocycles. The number of rotatable bonds is 4. The highest BCUT2D eigenvalue weighted by Crippen LogP contribution is 2.16. The highest BCUT2D eigenvalue weighted by atomic mass is 19.1. The summed E-state index contributed by atoms with van der Waals surface area (Å²) in [6.07, 6.45) is 1.88. The lowest BCUT2D eigenvalue weighted by atomic mass is 10.1. The predicted octanol–water partition coefficient (Wildman–Crippen LogP) is 0.807. The van der Waals surface area contributed by atoms with Gasteiger partial charge >= 0.3 is 0 Å². The second kappa shape index (κ2) is 5.47. The van der Waals surface area contributed by atoms with Crippen LogP contribution in [0.3, 0.4) is 0 Å². The van der Waals surface area contributed by atoms with Gasteiger partial charge in [0.05, 0.1) is 5.56 Å². The van der Waals surface area contributed by atoms with Gasteiger partial charge in [-0.15, -0.1) is 0 Å². The first-order valence-corrected chi connectivity index (χ1v) is 5.76. The van der Waals surface area contributed by atoms with Crippen LogP contribution in [0.1, 0.15) is 21.7 Å². The Morgan fingerprint density at radius 3 is 3.00 bits per heavy atom. The number of benzene rings is 1. The van der Waals surface area contributed by atoms with Crippen molar-refractivity contribution in [2.24, 2.45) is 0 Å². The lowest BCUT2D eigenvalue weighted by molar-refractivity contribution is 0.0950. The van der Waals surface area contributed by atoms with Crippen LogP contribution in [0.25, 0.3) is 0 Å². The van der Waals surface area contributed by atoms with Crippen LogP contribution in [0, 0.1) is 12.7 Å². The molecular formula is C12H14FN5O. The third-order valence-electron chi connectivity index (χ3n) is 2.63. The van der Waals surface area contributed by atoms with Crippen LogP contribution in [0.15, 0.2) is 18.5 Å². The van der Waals surface area contributed by atoms with Crippen molar-refractivity contribution in [2.75, 3.05) is 12.3 Å². The first kappa shape index (κ1) is 13.0. The standard InChI is InChI=1S/C12H14FN5O/c1-7-4-8(14)5-9(11(7)13)12(19)15-3-2-10-16-6-17-18-10/h4-6H,2-3,14H2,1H3,(H,15,19)(H,16,17,18). The summed E-state index contributed by atoms with van der Waals surface area (Å²) in [5.74, 6) is -0.386. The highest BCUT2D eigenvalue weighted by molar-refractivity contribution is 5.95. The van der Waals surface area contributed by atoms with E-state index in [1.165, 1.54) is 18.5 Å². The fourth-order valence-corrected chi connectivity index (χ4v) is 1.70. The van der Waals surface area contributed by atoms with Gasteiger partial charge in [-0.2, -0.15) is 5.10 Å². The Kier molecular flexibility index (Phi) is 3.74. The molecule has 4 N–H and O–H groups in total. The van der Waals surface area contributed by atoms with Crippen molar-refractivity contribution in [3.63, 3.8) is 0 Å². The number of nitrogen functional groups attached to an aromatic ring is 1. The maximum atomic E-state index is 13.8. The van der Waals surface area contributed by atoms with Gasteiger partial charge in [-0.3, -0.25) is 9.89 Å². The molecule has 0 aliphatic heterocycles. The van der Waals surface area contributed by atoms with Crippen LogP contribution >= 0.6 is 0 Å². The van der Waals surface area contributed by atoms with Gasteiger partial charge in [-0.05, 0) is 24.6 Å². The Labute approximate surface area is 109 Å². The van der Waals surface area contributed by atoms with Gasteiger partial charge in [0.1, 0.15) is 18.0 Å². The number of hydrogen-bond donors (Lipinski definition) is 3. The zero-order chi connectivity index (χ0) is 13.8.